The minimum atomic E-state index is -0.206. The summed E-state index contributed by atoms with van der Waals surface area (Å²) in [4.78, 5) is 4.29. The van der Waals surface area contributed by atoms with Gasteiger partial charge in [-0.05, 0) is 37.6 Å². The maximum atomic E-state index is 14.4. The first-order valence-corrected chi connectivity index (χ1v) is 7.22. The minimum absolute atomic E-state index is 0.154. The van der Waals surface area contributed by atoms with E-state index in [1.165, 1.54) is 0 Å². The van der Waals surface area contributed by atoms with Crippen molar-refractivity contribution >= 4 is 0 Å². The third-order valence-corrected chi connectivity index (χ3v) is 3.43. The number of benzene rings is 1. The average Bonchev–Trinajstić information content (AvgIpc) is 2.87. The normalized spacial score (nSPS) is 12.6. The van der Waals surface area contributed by atoms with Gasteiger partial charge in [-0.25, -0.2) is 9.37 Å². The van der Waals surface area contributed by atoms with Crippen LogP contribution in [0.1, 0.15) is 44.6 Å². The van der Waals surface area contributed by atoms with Crippen LogP contribution in [0.4, 0.5) is 4.39 Å². The number of halogens is 1. The minimum Gasteiger partial charge on any atom is -0.310 e. The zero-order valence-corrected chi connectivity index (χ0v) is 12.4. The Morgan fingerprint density at radius 2 is 2.15 bits per heavy atom. The standard InChI is InChI=1S/C16H22FN3/c1-4-6-16-19-9-10-20(16)15-8-7-13(11-14(15)17)12(3)18-5-2/h7-12,18H,4-6H2,1-3H3. The molecular formula is C16H22FN3. The molecule has 1 aromatic heterocycles. The molecule has 3 nitrogen and oxygen atoms in total. The van der Waals surface area contributed by atoms with Crippen molar-refractivity contribution < 1.29 is 4.39 Å². The quantitative estimate of drug-likeness (QED) is 0.872. The smallest absolute Gasteiger partial charge is 0.147 e. The van der Waals surface area contributed by atoms with Crippen LogP contribution < -0.4 is 5.32 Å². The van der Waals surface area contributed by atoms with E-state index in [4.69, 9.17) is 0 Å². The number of aromatic nitrogens is 2. The molecule has 108 valence electrons. The van der Waals surface area contributed by atoms with Crippen LogP contribution in [0.25, 0.3) is 5.69 Å². The van der Waals surface area contributed by atoms with E-state index in [2.05, 4.69) is 17.2 Å². The number of hydrogen-bond acceptors (Lipinski definition) is 2. The van der Waals surface area contributed by atoms with E-state index in [0.717, 1.165) is 30.8 Å². The molecule has 0 amide bonds. The Labute approximate surface area is 119 Å². The lowest BCUT2D eigenvalue weighted by molar-refractivity contribution is 0.579. The molecule has 0 radical (unpaired) electrons. The van der Waals surface area contributed by atoms with Crippen LogP contribution in [-0.4, -0.2) is 16.1 Å². The molecule has 0 aliphatic carbocycles. The number of rotatable bonds is 6. The SMILES string of the molecule is CCCc1nccn1-c1ccc(C(C)NCC)cc1F. The molecule has 2 aromatic rings. The second-order valence-electron chi connectivity index (χ2n) is 4.95. The molecule has 1 N–H and O–H groups in total. The van der Waals surface area contributed by atoms with E-state index < -0.39 is 0 Å². The van der Waals surface area contributed by atoms with Crippen molar-refractivity contribution in [1.29, 1.82) is 0 Å². The molecule has 0 saturated carbocycles. The van der Waals surface area contributed by atoms with Crippen LogP contribution in [0, 0.1) is 5.82 Å². The average molecular weight is 275 g/mol. The molecule has 1 unspecified atom stereocenters. The van der Waals surface area contributed by atoms with Gasteiger partial charge < -0.3 is 9.88 Å². The van der Waals surface area contributed by atoms with E-state index in [1.807, 2.05) is 36.7 Å². The Kier molecular flexibility index (Phi) is 4.90. The van der Waals surface area contributed by atoms with Crippen LogP contribution in [0.5, 0.6) is 0 Å². The number of nitrogens with zero attached hydrogens (tertiary/aromatic N) is 2. The lowest BCUT2D eigenvalue weighted by atomic mass is 10.1. The van der Waals surface area contributed by atoms with Crippen LogP contribution in [0.15, 0.2) is 30.6 Å². The summed E-state index contributed by atoms with van der Waals surface area (Å²) in [7, 11) is 0. The summed E-state index contributed by atoms with van der Waals surface area (Å²) in [6.45, 7) is 7.05. The number of imidazole rings is 1. The molecule has 2 rings (SSSR count). The second kappa shape index (κ2) is 6.66. The monoisotopic (exact) mass is 275 g/mol. The topological polar surface area (TPSA) is 29.9 Å². The summed E-state index contributed by atoms with van der Waals surface area (Å²) in [5.74, 6) is 0.696. The molecule has 0 aliphatic heterocycles. The fraction of sp³-hybridized carbons (Fsp3) is 0.438. The highest BCUT2D eigenvalue weighted by atomic mass is 19.1. The first-order valence-electron chi connectivity index (χ1n) is 7.22. The molecule has 1 aromatic carbocycles. The lowest BCUT2D eigenvalue weighted by Gasteiger charge is -2.15. The third-order valence-electron chi connectivity index (χ3n) is 3.43. The Bertz CT molecular complexity index is 563. The summed E-state index contributed by atoms with van der Waals surface area (Å²) >= 11 is 0. The van der Waals surface area contributed by atoms with Crippen molar-refractivity contribution in [3.8, 4) is 5.69 Å². The van der Waals surface area contributed by atoms with Crippen LogP contribution in [0.3, 0.4) is 0 Å². The molecule has 0 fully saturated rings. The van der Waals surface area contributed by atoms with Gasteiger partial charge in [-0.3, -0.25) is 0 Å². The molecular weight excluding hydrogens is 253 g/mol. The first-order chi connectivity index (χ1) is 9.67. The molecule has 0 spiro atoms. The van der Waals surface area contributed by atoms with Crippen molar-refractivity contribution in [3.05, 3.63) is 47.8 Å². The van der Waals surface area contributed by atoms with Crippen LogP contribution >= 0.6 is 0 Å². The highest BCUT2D eigenvalue weighted by molar-refractivity contribution is 5.38. The van der Waals surface area contributed by atoms with Gasteiger partial charge in [0.2, 0.25) is 0 Å². The highest BCUT2D eigenvalue weighted by Gasteiger charge is 2.12. The predicted octanol–water partition coefficient (Wildman–Crippen LogP) is 3.63. The van der Waals surface area contributed by atoms with E-state index in [9.17, 15) is 4.39 Å². The Morgan fingerprint density at radius 1 is 1.35 bits per heavy atom. The van der Waals surface area contributed by atoms with Crippen LogP contribution in [0.2, 0.25) is 0 Å². The Hall–Kier alpha value is -1.68. The Morgan fingerprint density at radius 3 is 2.80 bits per heavy atom. The van der Waals surface area contributed by atoms with E-state index in [-0.39, 0.29) is 11.9 Å². The summed E-state index contributed by atoms with van der Waals surface area (Å²) in [5, 5.41) is 3.29. The highest BCUT2D eigenvalue weighted by Crippen LogP contribution is 2.21. The molecule has 0 aliphatic rings. The van der Waals surface area contributed by atoms with Gasteiger partial charge in [0.1, 0.15) is 11.6 Å². The number of nitrogens with one attached hydrogen (secondary N) is 1. The van der Waals surface area contributed by atoms with Gasteiger partial charge in [0.25, 0.3) is 0 Å². The fourth-order valence-corrected chi connectivity index (χ4v) is 2.37. The summed E-state index contributed by atoms with van der Waals surface area (Å²) in [5.41, 5.74) is 1.53. The molecule has 0 bridgehead atoms. The van der Waals surface area contributed by atoms with Gasteiger partial charge in [0.05, 0.1) is 5.69 Å². The molecule has 20 heavy (non-hydrogen) atoms. The van der Waals surface area contributed by atoms with E-state index in [1.54, 1.807) is 12.3 Å². The van der Waals surface area contributed by atoms with Gasteiger partial charge in [0, 0.05) is 24.9 Å². The van der Waals surface area contributed by atoms with Crippen molar-refractivity contribution in [1.82, 2.24) is 14.9 Å². The Balaban J connectivity index is 2.32. The maximum absolute atomic E-state index is 14.4. The fourth-order valence-electron chi connectivity index (χ4n) is 2.37. The number of hydrogen-bond donors (Lipinski definition) is 1. The van der Waals surface area contributed by atoms with Crippen LogP contribution in [-0.2, 0) is 6.42 Å². The third kappa shape index (κ3) is 3.07. The van der Waals surface area contributed by atoms with Gasteiger partial charge in [-0.15, -0.1) is 0 Å². The van der Waals surface area contributed by atoms with Gasteiger partial charge in [-0.1, -0.05) is 19.9 Å². The van der Waals surface area contributed by atoms with Gasteiger partial charge in [-0.2, -0.15) is 0 Å². The predicted molar refractivity (Wildman–Crippen MR) is 79.6 cm³/mol. The van der Waals surface area contributed by atoms with E-state index in [0.29, 0.717) is 5.69 Å². The van der Waals surface area contributed by atoms with Crippen molar-refractivity contribution in [2.24, 2.45) is 0 Å². The molecule has 4 heteroatoms. The van der Waals surface area contributed by atoms with Crippen molar-refractivity contribution in [2.75, 3.05) is 6.54 Å². The van der Waals surface area contributed by atoms with Crippen molar-refractivity contribution in [2.45, 2.75) is 39.7 Å². The van der Waals surface area contributed by atoms with Crippen molar-refractivity contribution in [3.63, 3.8) is 0 Å². The maximum Gasteiger partial charge on any atom is 0.147 e. The molecule has 1 atom stereocenters. The summed E-state index contributed by atoms with van der Waals surface area (Å²) in [6, 6.07) is 5.57. The summed E-state index contributed by atoms with van der Waals surface area (Å²) < 4.78 is 16.2. The first kappa shape index (κ1) is 14.7. The molecule has 0 saturated heterocycles. The number of aryl methyl sites for hydroxylation is 1. The second-order valence-corrected chi connectivity index (χ2v) is 4.95. The van der Waals surface area contributed by atoms with Gasteiger partial charge in [0.15, 0.2) is 0 Å². The molecule has 1 heterocycles. The lowest BCUT2D eigenvalue weighted by Crippen LogP contribution is -2.18. The van der Waals surface area contributed by atoms with Gasteiger partial charge >= 0.3 is 0 Å². The van der Waals surface area contributed by atoms with E-state index >= 15 is 0 Å². The summed E-state index contributed by atoms with van der Waals surface area (Å²) in [6.07, 6.45) is 5.38. The largest absolute Gasteiger partial charge is 0.310 e. The zero-order valence-electron chi connectivity index (χ0n) is 12.4. The zero-order chi connectivity index (χ0) is 14.5.